The van der Waals surface area contributed by atoms with Crippen molar-refractivity contribution < 1.29 is 4.74 Å². The van der Waals surface area contributed by atoms with Crippen LogP contribution < -0.4 is 4.74 Å². The molecule has 0 amide bonds. The molecule has 2 aliphatic rings. The molecule has 1 aromatic rings. The molecule has 3 rings (SSSR count). The van der Waals surface area contributed by atoms with E-state index in [0.29, 0.717) is 0 Å². The van der Waals surface area contributed by atoms with Crippen LogP contribution in [0.5, 0.6) is 5.75 Å². The predicted molar refractivity (Wildman–Crippen MR) is 72.9 cm³/mol. The van der Waals surface area contributed by atoms with Gasteiger partial charge in [0.05, 0.1) is 6.61 Å². The first kappa shape index (κ1) is 11.4. The average molecular weight is 249 g/mol. The molecule has 2 heterocycles. The molecule has 1 aromatic carbocycles. The van der Waals surface area contributed by atoms with Gasteiger partial charge in [-0.15, -0.1) is 0 Å². The summed E-state index contributed by atoms with van der Waals surface area (Å²) in [6.45, 7) is 4.45. The summed E-state index contributed by atoms with van der Waals surface area (Å²) in [6, 6.07) is 6.70. The average Bonchev–Trinajstić information content (AvgIpc) is 2.65. The first-order valence-corrected chi connectivity index (χ1v) is 7.62. The van der Waals surface area contributed by atoms with E-state index in [4.69, 9.17) is 4.74 Å². The highest BCUT2D eigenvalue weighted by Crippen LogP contribution is 2.26. The van der Waals surface area contributed by atoms with E-state index in [2.05, 4.69) is 34.9 Å². The van der Waals surface area contributed by atoms with Gasteiger partial charge in [-0.05, 0) is 35.9 Å². The van der Waals surface area contributed by atoms with Crippen LogP contribution in [0.2, 0.25) is 0 Å². The Labute approximate surface area is 107 Å². The van der Waals surface area contributed by atoms with Gasteiger partial charge in [-0.1, -0.05) is 12.1 Å². The fourth-order valence-corrected chi connectivity index (χ4v) is 3.48. The minimum atomic E-state index is 0.860. The third kappa shape index (κ3) is 2.78. The molecule has 1 fully saturated rings. The van der Waals surface area contributed by atoms with Crippen molar-refractivity contribution in [3.8, 4) is 5.75 Å². The van der Waals surface area contributed by atoms with E-state index in [1.54, 1.807) is 0 Å². The molecule has 0 atom stereocenters. The van der Waals surface area contributed by atoms with E-state index in [9.17, 15) is 0 Å². The smallest absolute Gasteiger partial charge is 0.122 e. The third-order valence-electron chi connectivity index (χ3n) is 3.47. The van der Waals surface area contributed by atoms with Crippen LogP contribution in [0.3, 0.4) is 0 Å². The second kappa shape index (κ2) is 5.32. The monoisotopic (exact) mass is 249 g/mol. The fraction of sp³-hybridized carbons (Fsp3) is 0.571. The van der Waals surface area contributed by atoms with Crippen LogP contribution in [0.25, 0.3) is 0 Å². The molecule has 3 heteroatoms. The summed E-state index contributed by atoms with van der Waals surface area (Å²) in [4.78, 5) is 2.58. The maximum absolute atomic E-state index is 5.55. The molecule has 0 N–H and O–H groups in total. The Morgan fingerprint density at radius 2 is 2.24 bits per heavy atom. The normalized spacial score (nSPS) is 20.7. The lowest BCUT2D eigenvalue weighted by molar-refractivity contribution is 0.287. The van der Waals surface area contributed by atoms with Crippen molar-refractivity contribution in [1.29, 1.82) is 0 Å². The second-order valence-electron chi connectivity index (χ2n) is 4.78. The molecule has 0 saturated carbocycles. The van der Waals surface area contributed by atoms with Gasteiger partial charge >= 0.3 is 0 Å². The number of ether oxygens (including phenoxy) is 1. The number of benzene rings is 1. The highest BCUT2D eigenvalue weighted by atomic mass is 32.2. The zero-order valence-corrected chi connectivity index (χ0v) is 11.0. The molecular weight excluding hydrogens is 230 g/mol. The van der Waals surface area contributed by atoms with Crippen molar-refractivity contribution >= 4 is 11.8 Å². The lowest BCUT2D eigenvalue weighted by atomic mass is 10.1. The summed E-state index contributed by atoms with van der Waals surface area (Å²) >= 11 is 2.09. The number of nitrogens with zero attached hydrogens (tertiary/aromatic N) is 1. The van der Waals surface area contributed by atoms with E-state index in [0.717, 1.165) is 25.3 Å². The standard InChI is InChI=1S/C14H19NOS/c1-5-15(6-9-17-8-1)11-12-2-3-14-13(10-12)4-7-16-14/h2-3,10H,1,4-9,11H2. The van der Waals surface area contributed by atoms with Crippen LogP contribution in [0.1, 0.15) is 17.5 Å². The highest BCUT2D eigenvalue weighted by molar-refractivity contribution is 7.99. The van der Waals surface area contributed by atoms with E-state index in [1.807, 2.05) is 0 Å². The van der Waals surface area contributed by atoms with Gasteiger partial charge in [0, 0.05) is 25.3 Å². The molecule has 2 aliphatic heterocycles. The van der Waals surface area contributed by atoms with Gasteiger partial charge in [0.15, 0.2) is 0 Å². The Morgan fingerprint density at radius 3 is 3.24 bits per heavy atom. The van der Waals surface area contributed by atoms with Crippen LogP contribution >= 0.6 is 11.8 Å². The Bertz CT molecular complexity index is 386. The second-order valence-corrected chi connectivity index (χ2v) is 6.01. The summed E-state index contributed by atoms with van der Waals surface area (Å²) in [5.74, 6) is 3.71. The first-order valence-electron chi connectivity index (χ1n) is 6.46. The van der Waals surface area contributed by atoms with Gasteiger partial charge in [-0.3, -0.25) is 4.90 Å². The number of rotatable bonds is 2. The minimum absolute atomic E-state index is 0.860. The zero-order valence-electron chi connectivity index (χ0n) is 10.2. The van der Waals surface area contributed by atoms with Gasteiger partial charge in [0.25, 0.3) is 0 Å². The number of hydrogen-bond donors (Lipinski definition) is 0. The van der Waals surface area contributed by atoms with Crippen molar-refractivity contribution in [1.82, 2.24) is 4.90 Å². The van der Waals surface area contributed by atoms with Crippen LogP contribution in [-0.2, 0) is 13.0 Å². The SMILES string of the molecule is c1cc2c(cc1CN1CCCSCC1)CCO2. The largest absolute Gasteiger partial charge is 0.493 e. The van der Waals surface area contributed by atoms with Gasteiger partial charge in [-0.2, -0.15) is 11.8 Å². The summed E-state index contributed by atoms with van der Waals surface area (Å²) in [6.07, 6.45) is 2.41. The summed E-state index contributed by atoms with van der Waals surface area (Å²) < 4.78 is 5.55. The maximum Gasteiger partial charge on any atom is 0.122 e. The Balaban J connectivity index is 1.67. The zero-order chi connectivity index (χ0) is 11.5. The predicted octanol–water partition coefficient (Wildman–Crippen LogP) is 2.56. The Morgan fingerprint density at radius 1 is 1.24 bits per heavy atom. The van der Waals surface area contributed by atoms with Crippen LogP contribution in [0.15, 0.2) is 18.2 Å². The van der Waals surface area contributed by atoms with E-state index in [-0.39, 0.29) is 0 Å². The first-order chi connectivity index (χ1) is 8.42. The van der Waals surface area contributed by atoms with Crippen LogP contribution in [0.4, 0.5) is 0 Å². The van der Waals surface area contributed by atoms with Gasteiger partial charge in [0.2, 0.25) is 0 Å². The maximum atomic E-state index is 5.55. The summed E-state index contributed by atoms with van der Waals surface area (Å²) in [5, 5.41) is 0. The van der Waals surface area contributed by atoms with Crippen molar-refractivity contribution in [3.05, 3.63) is 29.3 Å². The topological polar surface area (TPSA) is 12.5 Å². The molecule has 0 aliphatic carbocycles. The van der Waals surface area contributed by atoms with E-state index >= 15 is 0 Å². The van der Waals surface area contributed by atoms with Crippen LogP contribution in [0, 0.1) is 0 Å². The number of hydrogen-bond acceptors (Lipinski definition) is 3. The van der Waals surface area contributed by atoms with Crippen molar-refractivity contribution in [2.75, 3.05) is 31.2 Å². The molecule has 1 saturated heterocycles. The molecule has 2 nitrogen and oxygen atoms in total. The van der Waals surface area contributed by atoms with Crippen molar-refractivity contribution in [3.63, 3.8) is 0 Å². The Kier molecular flexibility index (Phi) is 3.57. The Hall–Kier alpha value is -0.670. The third-order valence-corrected chi connectivity index (χ3v) is 4.52. The molecule has 0 radical (unpaired) electrons. The lowest BCUT2D eigenvalue weighted by Crippen LogP contribution is -2.25. The molecular formula is C14H19NOS. The lowest BCUT2D eigenvalue weighted by Gasteiger charge is -2.19. The fourth-order valence-electron chi connectivity index (χ4n) is 2.55. The molecule has 17 heavy (non-hydrogen) atoms. The summed E-state index contributed by atoms with van der Waals surface area (Å²) in [7, 11) is 0. The number of thioether (sulfide) groups is 1. The van der Waals surface area contributed by atoms with E-state index < -0.39 is 0 Å². The number of fused-ring (bicyclic) bond motifs is 1. The molecule has 0 bridgehead atoms. The molecule has 0 spiro atoms. The van der Waals surface area contributed by atoms with E-state index in [1.165, 1.54) is 42.1 Å². The van der Waals surface area contributed by atoms with Crippen molar-refractivity contribution in [2.45, 2.75) is 19.4 Å². The van der Waals surface area contributed by atoms with Crippen LogP contribution in [-0.4, -0.2) is 36.1 Å². The van der Waals surface area contributed by atoms with Gasteiger partial charge in [-0.25, -0.2) is 0 Å². The van der Waals surface area contributed by atoms with Crippen molar-refractivity contribution in [2.24, 2.45) is 0 Å². The highest BCUT2D eigenvalue weighted by Gasteiger charge is 2.14. The quantitative estimate of drug-likeness (QED) is 0.799. The van der Waals surface area contributed by atoms with Gasteiger partial charge < -0.3 is 4.74 Å². The molecule has 92 valence electrons. The molecule has 0 unspecified atom stereocenters. The minimum Gasteiger partial charge on any atom is -0.493 e. The van der Waals surface area contributed by atoms with Gasteiger partial charge in [0.1, 0.15) is 5.75 Å². The summed E-state index contributed by atoms with van der Waals surface area (Å²) in [5.41, 5.74) is 2.84. The molecule has 0 aromatic heterocycles.